The van der Waals surface area contributed by atoms with Crippen LogP contribution in [0.25, 0.3) is 5.83 Å². The van der Waals surface area contributed by atoms with E-state index in [1.807, 2.05) is 0 Å². The highest BCUT2D eigenvalue weighted by Gasteiger charge is 2.41. The molecule has 2 unspecified atom stereocenters. The molecule has 0 aliphatic rings. The van der Waals surface area contributed by atoms with Gasteiger partial charge in [0.15, 0.2) is 9.84 Å². The monoisotopic (exact) mass is 715 g/mol. The van der Waals surface area contributed by atoms with Gasteiger partial charge in [0.2, 0.25) is 0 Å². The first-order valence-corrected chi connectivity index (χ1v) is 14.4. The molecule has 2 aromatic rings. The van der Waals surface area contributed by atoms with Crippen LogP contribution in [0.2, 0.25) is 5.02 Å². The summed E-state index contributed by atoms with van der Waals surface area (Å²) in [5.41, 5.74) is -3.86. The third-order valence-corrected chi connectivity index (χ3v) is 9.20. The Morgan fingerprint density at radius 3 is 2.11 bits per heavy atom. The van der Waals surface area contributed by atoms with E-state index in [9.17, 15) is 43.9 Å². The zero-order valence-electron chi connectivity index (χ0n) is 19.4. The van der Waals surface area contributed by atoms with Crippen molar-refractivity contribution in [2.75, 3.05) is 11.5 Å². The van der Waals surface area contributed by atoms with E-state index in [1.165, 1.54) is 13.8 Å². The molecule has 1 N–H and O–H groups in total. The fourth-order valence-corrected chi connectivity index (χ4v) is 5.76. The fourth-order valence-electron chi connectivity index (χ4n) is 3.34. The molecule has 0 spiro atoms. The van der Waals surface area contributed by atoms with E-state index >= 15 is 0 Å². The van der Waals surface area contributed by atoms with Crippen molar-refractivity contribution in [3.05, 3.63) is 72.6 Å². The lowest BCUT2D eigenvalue weighted by Crippen LogP contribution is -2.38. The highest BCUT2D eigenvalue weighted by Crippen LogP contribution is 2.43. The SMILES string of the molecule is CCS(=O)(=O)CC(C)NC(=O)c1ccc(/C(F)=C/C(c2cc(Br)c(Cl)c(Br)c2)C(F)(F)F)cc1C(F)(F)F. The number of amides is 1. The zero-order chi connectivity index (χ0) is 29.2. The van der Waals surface area contributed by atoms with E-state index in [0.717, 1.165) is 18.2 Å². The molecule has 38 heavy (non-hydrogen) atoms. The average Bonchev–Trinajstić information content (AvgIpc) is 2.78. The van der Waals surface area contributed by atoms with Crippen molar-refractivity contribution >= 4 is 65.0 Å². The zero-order valence-corrected chi connectivity index (χ0v) is 24.2. The van der Waals surface area contributed by atoms with Crippen LogP contribution in [0.15, 0.2) is 45.4 Å². The van der Waals surface area contributed by atoms with Crippen LogP contribution in [0.1, 0.15) is 46.8 Å². The van der Waals surface area contributed by atoms with Crippen LogP contribution in [-0.2, 0) is 16.0 Å². The minimum absolute atomic E-state index is 0.0597. The predicted molar refractivity (Wildman–Crippen MR) is 137 cm³/mol. The summed E-state index contributed by atoms with van der Waals surface area (Å²) in [6, 6.07) is 2.52. The number of benzene rings is 2. The normalized spacial score (nSPS) is 14.8. The third-order valence-electron chi connectivity index (χ3n) is 5.20. The topological polar surface area (TPSA) is 63.2 Å². The first-order chi connectivity index (χ1) is 17.3. The van der Waals surface area contributed by atoms with Crippen LogP contribution in [0.3, 0.4) is 0 Å². The number of sulfone groups is 1. The Bertz CT molecular complexity index is 1320. The summed E-state index contributed by atoms with van der Waals surface area (Å²) < 4.78 is 121. The molecular weight excluding hydrogens is 699 g/mol. The molecule has 2 aromatic carbocycles. The Morgan fingerprint density at radius 2 is 1.63 bits per heavy atom. The maximum absolute atomic E-state index is 15.0. The molecule has 15 heteroatoms. The first-order valence-electron chi connectivity index (χ1n) is 10.6. The number of nitrogens with one attached hydrogen (secondary N) is 1. The smallest absolute Gasteiger partial charge is 0.349 e. The molecule has 0 radical (unpaired) electrons. The number of carbonyl (C=O) groups is 1. The first kappa shape index (κ1) is 32.6. The second kappa shape index (κ2) is 12.3. The van der Waals surface area contributed by atoms with E-state index in [0.29, 0.717) is 6.07 Å². The Balaban J connectivity index is 2.52. The fraction of sp³-hybridized carbons (Fsp3) is 0.348. The van der Waals surface area contributed by atoms with E-state index in [2.05, 4.69) is 37.2 Å². The Morgan fingerprint density at radius 1 is 1.08 bits per heavy atom. The summed E-state index contributed by atoms with van der Waals surface area (Å²) in [6.07, 6.45) is -10.1. The van der Waals surface area contributed by atoms with Gasteiger partial charge in [0.05, 0.1) is 21.9 Å². The van der Waals surface area contributed by atoms with Crippen LogP contribution in [0.4, 0.5) is 30.7 Å². The molecule has 2 atom stereocenters. The molecule has 2 rings (SSSR count). The van der Waals surface area contributed by atoms with E-state index in [4.69, 9.17) is 11.6 Å². The summed E-state index contributed by atoms with van der Waals surface area (Å²) in [4.78, 5) is 12.5. The van der Waals surface area contributed by atoms with Gasteiger partial charge in [-0.3, -0.25) is 4.79 Å². The van der Waals surface area contributed by atoms with Crippen molar-refractivity contribution in [1.29, 1.82) is 0 Å². The van der Waals surface area contributed by atoms with Gasteiger partial charge in [-0.15, -0.1) is 0 Å². The van der Waals surface area contributed by atoms with Crippen molar-refractivity contribution in [1.82, 2.24) is 5.32 Å². The van der Waals surface area contributed by atoms with Crippen molar-refractivity contribution in [2.24, 2.45) is 0 Å². The molecule has 210 valence electrons. The van der Waals surface area contributed by atoms with Crippen LogP contribution < -0.4 is 5.32 Å². The summed E-state index contributed by atoms with van der Waals surface area (Å²) in [5, 5.41) is 2.20. The maximum atomic E-state index is 15.0. The number of carbonyl (C=O) groups excluding carboxylic acids is 1. The Kier molecular flexibility index (Phi) is 10.5. The van der Waals surface area contributed by atoms with E-state index in [1.54, 1.807) is 0 Å². The highest BCUT2D eigenvalue weighted by molar-refractivity contribution is 9.11. The molecule has 0 aliphatic heterocycles. The van der Waals surface area contributed by atoms with Crippen LogP contribution in [-0.4, -0.2) is 38.0 Å². The molecule has 0 bridgehead atoms. The number of halogens is 10. The summed E-state index contributed by atoms with van der Waals surface area (Å²) in [7, 11) is -3.56. The Labute approximate surface area is 235 Å². The van der Waals surface area contributed by atoms with Crippen molar-refractivity contribution in [3.8, 4) is 0 Å². The molecule has 0 heterocycles. The van der Waals surface area contributed by atoms with Gasteiger partial charge in [-0.05, 0) is 74.7 Å². The molecule has 0 aromatic heterocycles. The number of alkyl halides is 6. The van der Waals surface area contributed by atoms with E-state index in [-0.39, 0.29) is 31.9 Å². The van der Waals surface area contributed by atoms with Crippen molar-refractivity contribution in [2.45, 2.75) is 38.2 Å². The number of hydrogen-bond acceptors (Lipinski definition) is 3. The van der Waals surface area contributed by atoms with E-state index < -0.39 is 73.9 Å². The molecular formula is C23H19Br2ClF7NO3S. The van der Waals surface area contributed by atoms with Crippen molar-refractivity contribution < 1.29 is 43.9 Å². The third kappa shape index (κ3) is 8.43. The molecule has 4 nitrogen and oxygen atoms in total. The van der Waals surface area contributed by atoms with Gasteiger partial charge in [0.25, 0.3) is 5.91 Å². The quantitative estimate of drug-likeness (QED) is 0.222. The average molecular weight is 718 g/mol. The second-order valence-electron chi connectivity index (χ2n) is 8.16. The predicted octanol–water partition coefficient (Wildman–Crippen LogP) is 8.09. The summed E-state index contributed by atoms with van der Waals surface area (Å²) >= 11 is 11.9. The van der Waals surface area contributed by atoms with Crippen LogP contribution in [0.5, 0.6) is 0 Å². The van der Waals surface area contributed by atoms with Gasteiger partial charge in [-0.25, -0.2) is 12.8 Å². The second-order valence-corrected chi connectivity index (χ2v) is 12.6. The number of allylic oxidation sites excluding steroid dienone is 1. The standard InChI is InChI=1S/C23H19Br2ClF7NO3S/c1-3-38(36,37)10-11(2)34-21(35)14-5-4-12(6-16(14)23(31,32)33)19(27)9-15(22(28,29)30)13-7-17(24)20(26)18(25)8-13/h4-9,11,15H,3,10H2,1-2H3,(H,34,35)/b19-9-. The number of rotatable bonds is 8. The van der Waals surface area contributed by atoms with Crippen LogP contribution in [0, 0.1) is 0 Å². The van der Waals surface area contributed by atoms with Gasteiger partial charge in [0.1, 0.15) is 11.7 Å². The lowest BCUT2D eigenvalue weighted by Gasteiger charge is -2.20. The van der Waals surface area contributed by atoms with Gasteiger partial charge in [-0.1, -0.05) is 24.6 Å². The van der Waals surface area contributed by atoms with Gasteiger partial charge < -0.3 is 5.32 Å². The van der Waals surface area contributed by atoms with Gasteiger partial charge in [0, 0.05) is 26.3 Å². The number of hydrogen-bond donors (Lipinski definition) is 1. The lowest BCUT2D eigenvalue weighted by molar-refractivity contribution is -0.140. The van der Waals surface area contributed by atoms with Gasteiger partial charge in [-0.2, -0.15) is 26.3 Å². The van der Waals surface area contributed by atoms with Crippen molar-refractivity contribution in [3.63, 3.8) is 0 Å². The maximum Gasteiger partial charge on any atom is 0.417 e. The summed E-state index contributed by atoms with van der Waals surface area (Å²) in [6.45, 7) is 2.64. The minimum atomic E-state index is -5.18. The molecule has 1 amide bonds. The molecule has 0 saturated carbocycles. The van der Waals surface area contributed by atoms with Crippen LogP contribution >= 0.6 is 43.5 Å². The molecule has 0 fully saturated rings. The minimum Gasteiger partial charge on any atom is -0.349 e. The molecule has 0 aliphatic carbocycles. The highest BCUT2D eigenvalue weighted by atomic mass is 79.9. The van der Waals surface area contributed by atoms with Gasteiger partial charge >= 0.3 is 12.4 Å². The lowest BCUT2D eigenvalue weighted by atomic mass is 9.95. The molecule has 0 saturated heterocycles. The summed E-state index contributed by atoms with van der Waals surface area (Å²) in [5.74, 6) is -6.22. The Hall–Kier alpha value is -1.64. The largest absolute Gasteiger partial charge is 0.417 e.